The lowest BCUT2D eigenvalue weighted by Gasteiger charge is -2.14. The van der Waals surface area contributed by atoms with Gasteiger partial charge in [0.25, 0.3) is 0 Å². The van der Waals surface area contributed by atoms with Gasteiger partial charge in [-0.05, 0) is 39.3 Å². The fraction of sp³-hybridized carbons (Fsp3) is 0.474. The van der Waals surface area contributed by atoms with E-state index in [0.717, 1.165) is 30.9 Å². The Morgan fingerprint density at radius 1 is 1.30 bits per heavy atom. The summed E-state index contributed by atoms with van der Waals surface area (Å²) in [4.78, 5) is 4.35. The van der Waals surface area contributed by atoms with E-state index in [1.807, 2.05) is 25.5 Å². The van der Waals surface area contributed by atoms with Gasteiger partial charge < -0.3 is 15.7 Å². The van der Waals surface area contributed by atoms with Crippen molar-refractivity contribution >= 4 is 29.9 Å². The maximum absolute atomic E-state index is 13.7. The van der Waals surface area contributed by atoms with E-state index >= 15 is 0 Å². The summed E-state index contributed by atoms with van der Waals surface area (Å²) in [6.07, 6.45) is -0.0799. The zero-order valence-corrected chi connectivity index (χ0v) is 18.4. The van der Waals surface area contributed by atoms with Gasteiger partial charge in [-0.15, -0.1) is 24.0 Å². The third kappa shape index (κ3) is 7.45. The summed E-state index contributed by atoms with van der Waals surface area (Å²) in [5, 5.41) is 21.0. The molecule has 1 atom stereocenters. The molecular weight excluding hydrogens is 460 g/mol. The number of rotatable bonds is 8. The number of guanidine groups is 1. The van der Waals surface area contributed by atoms with Crippen molar-refractivity contribution < 1.29 is 9.50 Å². The maximum Gasteiger partial charge on any atom is 0.191 e. The van der Waals surface area contributed by atoms with Crippen molar-refractivity contribution in [3.63, 3.8) is 0 Å². The molecule has 1 heterocycles. The molecule has 0 bridgehead atoms. The van der Waals surface area contributed by atoms with Gasteiger partial charge in [-0.25, -0.2) is 4.39 Å². The predicted molar refractivity (Wildman–Crippen MR) is 117 cm³/mol. The molecule has 0 aliphatic rings. The van der Waals surface area contributed by atoms with Crippen molar-refractivity contribution in [1.82, 2.24) is 20.4 Å². The summed E-state index contributed by atoms with van der Waals surface area (Å²) < 4.78 is 15.7. The third-order valence-corrected chi connectivity index (χ3v) is 3.97. The van der Waals surface area contributed by atoms with Gasteiger partial charge in [-0.2, -0.15) is 5.10 Å². The fourth-order valence-electron chi connectivity index (χ4n) is 2.70. The molecule has 8 heteroatoms. The molecule has 0 radical (unpaired) electrons. The van der Waals surface area contributed by atoms with Gasteiger partial charge >= 0.3 is 0 Å². The number of halogens is 2. The van der Waals surface area contributed by atoms with E-state index in [2.05, 4.69) is 26.8 Å². The quantitative estimate of drug-likeness (QED) is 0.231. The summed E-state index contributed by atoms with van der Waals surface area (Å²) in [5.74, 6) is 0.189. The number of benzene rings is 1. The number of aliphatic hydroxyl groups is 1. The highest BCUT2D eigenvalue weighted by Crippen LogP contribution is 2.16. The number of nitrogens with zero attached hydrogens (tertiary/aromatic N) is 3. The molecule has 1 aromatic carbocycles. The molecule has 0 fully saturated rings. The largest absolute Gasteiger partial charge is 0.386 e. The lowest BCUT2D eigenvalue weighted by atomic mass is 10.1. The third-order valence-electron chi connectivity index (χ3n) is 3.97. The number of aliphatic imine (C=N–C) groups is 1. The van der Waals surface area contributed by atoms with Gasteiger partial charge in [0.15, 0.2) is 5.96 Å². The highest BCUT2D eigenvalue weighted by molar-refractivity contribution is 14.0. The minimum absolute atomic E-state index is 0. The summed E-state index contributed by atoms with van der Waals surface area (Å²) in [7, 11) is 0. The van der Waals surface area contributed by atoms with Crippen LogP contribution in [-0.4, -0.2) is 40.5 Å². The molecule has 1 aromatic heterocycles. The molecule has 6 nitrogen and oxygen atoms in total. The first-order valence-corrected chi connectivity index (χ1v) is 8.97. The second-order valence-electron chi connectivity index (χ2n) is 6.19. The molecular formula is C19H29FIN5O. The summed E-state index contributed by atoms with van der Waals surface area (Å²) in [5.41, 5.74) is 2.43. The lowest BCUT2D eigenvalue weighted by Crippen LogP contribution is -2.38. The van der Waals surface area contributed by atoms with Crippen LogP contribution < -0.4 is 10.6 Å². The monoisotopic (exact) mass is 489 g/mol. The van der Waals surface area contributed by atoms with Crippen LogP contribution in [0.4, 0.5) is 4.39 Å². The Labute approximate surface area is 177 Å². The van der Waals surface area contributed by atoms with Crippen LogP contribution in [0.5, 0.6) is 0 Å². The summed E-state index contributed by atoms with van der Waals surface area (Å²) in [6, 6.07) is 8.27. The molecule has 0 aliphatic heterocycles. The maximum atomic E-state index is 13.7. The first kappa shape index (κ1) is 23.4. The van der Waals surface area contributed by atoms with Crippen LogP contribution in [0.25, 0.3) is 0 Å². The van der Waals surface area contributed by atoms with Gasteiger partial charge in [-0.3, -0.25) is 9.67 Å². The minimum atomic E-state index is -0.971. The molecule has 0 amide bonds. The Morgan fingerprint density at radius 3 is 2.67 bits per heavy atom. The van der Waals surface area contributed by atoms with Gasteiger partial charge in [0.05, 0.1) is 12.2 Å². The Kier molecular flexibility index (Phi) is 10.3. The van der Waals surface area contributed by atoms with Crippen LogP contribution in [0.2, 0.25) is 0 Å². The Hall–Kier alpha value is -1.68. The topological polar surface area (TPSA) is 74.5 Å². The molecule has 0 aliphatic carbocycles. The smallest absolute Gasteiger partial charge is 0.191 e. The van der Waals surface area contributed by atoms with E-state index in [4.69, 9.17) is 0 Å². The van der Waals surface area contributed by atoms with Crippen molar-refractivity contribution in [2.45, 2.75) is 39.8 Å². The molecule has 0 saturated carbocycles. The number of nitrogens with one attached hydrogen (secondary N) is 2. The van der Waals surface area contributed by atoms with Crippen molar-refractivity contribution in [1.29, 1.82) is 0 Å². The van der Waals surface area contributed by atoms with Crippen LogP contribution in [0.15, 0.2) is 35.3 Å². The van der Waals surface area contributed by atoms with Crippen molar-refractivity contribution in [2.24, 2.45) is 4.99 Å². The molecule has 3 N–H and O–H groups in total. The lowest BCUT2D eigenvalue weighted by molar-refractivity contribution is 0.182. The van der Waals surface area contributed by atoms with E-state index in [1.165, 1.54) is 6.07 Å². The zero-order chi connectivity index (χ0) is 18.9. The Morgan fingerprint density at radius 2 is 2.04 bits per heavy atom. The molecule has 0 spiro atoms. The molecule has 1 unspecified atom stereocenters. The zero-order valence-electron chi connectivity index (χ0n) is 16.1. The normalized spacial score (nSPS) is 12.4. The van der Waals surface area contributed by atoms with E-state index in [0.29, 0.717) is 12.5 Å². The van der Waals surface area contributed by atoms with Gasteiger partial charge in [0.2, 0.25) is 0 Å². The molecule has 27 heavy (non-hydrogen) atoms. The van der Waals surface area contributed by atoms with E-state index in [-0.39, 0.29) is 36.1 Å². The van der Waals surface area contributed by atoms with Crippen LogP contribution in [-0.2, 0) is 6.54 Å². The minimum Gasteiger partial charge on any atom is -0.386 e. The highest BCUT2D eigenvalue weighted by Gasteiger charge is 2.11. The number of aliphatic hydroxyl groups excluding tert-OH is 1. The average Bonchev–Trinajstić information content (AvgIpc) is 2.94. The number of hydrogen-bond donors (Lipinski definition) is 3. The SMILES string of the molecule is CCNC(=NCC(O)c1ccccc1F)NCCCn1nc(C)cc1C.I. The summed E-state index contributed by atoms with van der Waals surface area (Å²) >= 11 is 0. The van der Waals surface area contributed by atoms with Gasteiger partial charge in [-0.1, -0.05) is 18.2 Å². The van der Waals surface area contributed by atoms with E-state index in [1.54, 1.807) is 18.2 Å². The second-order valence-corrected chi connectivity index (χ2v) is 6.19. The van der Waals surface area contributed by atoms with E-state index < -0.39 is 11.9 Å². The summed E-state index contributed by atoms with van der Waals surface area (Å²) in [6.45, 7) is 8.35. The van der Waals surface area contributed by atoms with Crippen molar-refractivity contribution in [3.05, 3.63) is 53.1 Å². The predicted octanol–water partition coefficient (Wildman–Crippen LogP) is 2.94. The highest BCUT2D eigenvalue weighted by atomic mass is 127. The van der Waals surface area contributed by atoms with Crippen LogP contribution in [0.1, 0.15) is 36.4 Å². The number of hydrogen-bond acceptors (Lipinski definition) is 3. The van der Waals surface area contributed by atoms with Crippen LogP contribution in [0, 0.1) is 19.7 Å². The van der Waals surface area contributed by atoms with Crippen molar-refractivity contribution in [2.75, 3.05) is 19.6 Å². The Balaban J connectivity index is 0.00000364. The first-order chi connectivity index (χ1) is 12.5. The number of aromatic nitrogens is 2. The first-order valence-electron chi connectivity index (χ1n) is 8.97. The molecule has 0 saturated heterocycles. The second kappa shape index (κ2) is 11.9. The number of aryl methyl sites for hydroxylation is 3. The average molecular weight is 489 g/mol. The van der Waals surface area contributed by atoms with Crippen molar-refractivity contribution in [3.8, 4) is 0 Å². The fourth-order valence-corrected chi connectivity index (χ4v) is 2.70. The molecule has 2 aromatic rings. The van der Waals surface area contributed by atoms with Crippen LogP contribution >= 0.6 is 24.0 Å². The van der Waals surface area contributed by atoms with Gasteiger partial charge in [0, 0.05) is 30.9 Å². The van der Waals surface area contributed by atoms with E-state index in [9.17, 15) is 9.50 Å². The van der Waals surface area contributed by atoms with Crippen LogP contribution in [0.3, 0.4) is 0 Å². The molecule has 150 valence electrons. The Bertz CT molecular complexity index is 735. The van der Waals surface area contributed by atoms with Gasteiger partial charge in [0.1, 0.15) is 11.9 Å². The standard InChI is InChI=1S/C19H28FN5O.HI/c1-4-21-19(22-10-7-11-25-15(3)12-14(2)24-25)23-13-18(26)16-8-5-6-9-17(16)20;/h5-6,8-9,12,18,26H,4,7,10-11,13H2,1-3H3,(H2,21,22,23);1H. The molecule has 2 rings (SSSR count).